The molecule has 1 radical (unpaired) electrons. The molecule has 13 heavy (non-hydrogen) atoms. The molecule has 0 bridgehead atoms. The van der Waals surface area contributed by atoms with Gasteiger partial charge in [-0.2, -0.15) is 0 Å². The standard InChI is InChI=1S/C10H13Cl2Si/c1-6-5-10(13(11)12)9(4)8(3)7(6)2/h5H,1-4H3. The van der Waals surface area contributed by atoms with Gasteiger partial charge in [0.15, 0.2) is 0 Å². The highest BCUT2D eigenvalue weighted by molar-refractivity contribution is 7.39. The van der Waals surface area contributed by atoms with Crippen LogP contribution in [-0.2, 0) is 0 Å². The van der Waals surface area contributed by atoms with E-state index in [1.165, 1.54) is 22.3 Å². The average molecular weight is 232 g/mol. The van der Waals surface area contributed by atoms with Crippen molar-refractivity contribution in [2.75, 3.05) is 0 Å². The van der Waals surface area contributed by atoms with Crippen LogP contribution in [0, 0.1) is 27.7 Å². The Bertz CT molecular complexity index is 332. The molecule has 0 atom stereocenters. The van der Waals surface area contributed by atoms with Crippen LogP contribution in [0.4, 0.5) is 0 Å². The molecular formula is C10H13Cl2Si. The van der Waals surface area contributed by atoms with Crippen molar-refractivity contribution in [3.05, 3.63) is 28.3 Å². The third kappa shape index (κ3) is 2.09. The molecule has 1 aromatic carbocycles. The summed E-state index contributed by atoms with van der Waals surface area (Å²) in [6.07, 6.45) is 0. The Balaban J connectivity index is 3.41. The number of aryl methyl sites for hydroxylation is 1. The highest BCUT2D eigenvalue weighted by atomic mass is 35.7. The predicted molar refractivity (Wildman–Crippen MR) is 62.5 cm³/mol. The van der Waals surface area contributed by atoms with Crippen molar-refractivity contribution in [3.8, 4) is 0 Å². The van der Waals surface area contributed by atoms with E-state index in [2.05, 4.69) is 33.8 Å². The maximum Gasteiger partial charge on any atom is 0.307 e. The van der Waals surface area contributed by atoms with Crippen LogP contribution in [-0.4, -0.2) is 7.42 Å². The fourth-order valence-corrected chi connectivity index (χ4v) is 3.38. The fourth-order valence-electron chi connectivity index (χ4n) is 1.41. The van der Waals surface area contributed by atoms with Crippen LogP contribution in [0.3, 0.4) is 0 Å². The molecule has 1 rings (SSSR count). The lowest BCUT2D eigenvalue weighted by atomic mass is 10.00. The van der Waals surface area contributed by atoms with Gasteiger partial charge in [0.25, 0.3) is 0 Å². The zero-order valence-corrected chi connectivity index (χ0v) is 10.8. The molecule has 3 heteroatoms. The van der Waals surface area contributed by atoms with E-state index in [9.17, 15) is 0 Å². The van der Waals surface area contributed by atoms with Gasteiger partial charge in [-0.3, -0.25) is 0 Å². The van der Waals surface area contributed by atoms with Gasteiger partial charge in [0.05, 0.1) is 0 Å². The molecule has 0 aliphatic rings. The zero-order chi connectivity index (χ0) is 10.2. The van der Waals surface area contributed by atoms with Gasteiger partial charge in [0.1, 0.15) is 0 Å². The minimum atomic E-state index is -1.36. The van der Waals surface area contributed by atoms with Crippen LogP contribution in [0.2, 0.25) is 0 Å². The Morgan fingerprint density at radius 2 is 1.46 bits per heavy atom. The lowest BCUT2D eigenvalue weighted by Gasteiger charge is -2.13. The maximum atomic E-state index is 5.97. The number of hydrogen-bond acceptors (Lipinski definition) is 0. The molecule has 1 aromatic rings. The van der Waals surface area contributed by atoms with Crippen LogP contribution >= 0.6 is 22.2 Å². The van der Waals surface area contributed by atoms with Crippen molar-refractivity contribution < 1.29 is 0 Å². The molecule has 0 saturated heterocycles. The molecule has 0 aromatic heterocycles. The second-order valence-electron chi connectivity index (χ2n) is 3.38. The third-order valence-electron chi connectivity index (χ3n) is 2.68. The van der Waals surface area contributed by atoms with Crippen molar-refractivity contribution in [3.63, 3.8) is 0 Å². The van der Waals surface area contributed by atoms with E-state index in [0.29, 0.717) is 0 Å². The Labute approximate surface area is 90.9 Å². The SMILES string of the molecule is Cc1cc([Si](Cl)Cl)c(C)c(C)c1C. The van der Waals surface area contributed by atoms with E-state index in [1.54, 1.807) is 0 Å². The highest BCUT2D eigenvalue weighted by Gasteiger charge is 2.14. The summed E-state index contributed by atoms with van der Waals surface area (Å²) in [5.74, 6) is 0. The molecule has 0 fully saturated rings. The summed E-state index contributed by atoms with van der Waals surface area (Å²) in [6, 6.07) is 2.12. The van der Waals surface area contributed by atoms with Crippen LogP contribution in [0.25, 0.3) is 0 Å². The summed E-state index contributed by atoms with van der Waals surface area (Å²) >= 11 is 11.9. The first-order valence-electron chi connectivity index (χ1n) is 4.21. The van der Waals surface area contributed by atoms with Gasteiger partial charge in [0, 0.05) is 0 Å². The molecule has 0 aliphatic heterocycles. The van der Waals surface area contributed by atoms with Crippen molar-refractivity contribution >= 4 is 34.8 Å². The summed E-state index contributed by atoms with van der Waals surface area (Å²) in [5, 5.41) is 1.13. The Morgan fingerprint density at radius 1 is 0.923 bits per heavy atom. The zero-order valence-electron chi connectivity index (χ0n) is 8.33. The molecule has 0 spiro atoms. The lowest BCUT2D eigenvalue weighted by molar-refractivity contribution is 1.23. The monoisotopic (exact) mass is 231 g/mol. The Morgan fingerprint density at radius 3 is 1.92 bits per heavy atom. The van der Waals surface area contributed by atoms with Crippen molar-refractivity contribution in [2.24, 2.45) is 0 Å². The van der Waals surface area contributed by atoms with Crippen LogP contribution < -0.4 is 5.19 Å². The largest absolute Gasteiger partial charge is 0.307 e. The minimum Gasteiger partial charge on any atom is -0.140 e. The molecule has 71 valence electrons. The molecule has 0 unspecified atom stereocenters. The second-order valence-corrected chi connectivity index (χ2v) is 7.28. The van der Waals surface area contributed by atoms with E-state index < -0.39 is 7.42 Å². The first-order chi connectivity index (χ1) is 5.95. The van der Waals surface area contributed by atoms with Gasteiger partial charge < -0.3 is 0 Å². The quantitative estimate of drug-likeness (QED) is 0.515. The number of rotatable bonds is 1. The molecule has 0 aliphatic carbocycles. The van der Waals surface area contributed by atoms with Gasteiger partial charge >= 0.3 is 7.42 Å². The normalized spacial score (nSPS) is 11.0. The maximum absolute atomic E-state index is 5.97. The summed E-state index contributed by atoms with van der Waals surface area (Å²) in [6.45, 7) is 8.45. The number of halogens is 2. The number of benzene rings is 1. The molecule has 0 heterocycles. The summed E-state index contributed by atoms with van der Waals surface area (Å²) < 4.78 is 0. The van der Waals surface area contributed by atoms with Gasteiger partial charge in [-0.1, -0.05) is 6.07 Å². The first-order valence-corrected chi connectivity index (χ1v) is 7.73. The van der Waals surface area contributed by atoms with E-state index in [-0.39, 0.29) is 0 Å². The average Bonchev–Trinajstić information content (AvgIpc) is 2.07. The van der Waals surface area contributed by atoms with E-state index in [4.69, 9.17) is 22.2 Å². The summed E-state index contributed by atoms with van der Waals surface area (Å²) in [5.41, 5.74) is 5.19. The fraction of sp³-hybridized carbons (Fsp3) is 0.400. The third-order valence-corrected chi connectivity index (χ3v) is 4.83. The molecule has 0 N–H and O–H groups in total. The minimum absolute atomic E-state index is 1.13. The second kappa shape index (κ2) is 4.03. The van der Waals surface area contributed by atoms with Crippen LogP contribution in [0.15, 0.2) is 6.07 Å². The highest BCUT2D eigenvalue weighted by Crippen LogP contribution is 2.16. The van der Waals surface area contributed by atoms with Crippen molar-refractivity contribution in [1.29, 1.82) is 0 Å². The molecule has 0 nitrogen and oxygen atoms in total. The molecule has 0 amide bonds. The van der Waals surface area contributed by atoms with Crippen LogP contribution in [0.1, 0.15) is 22.3 Å². The predicted octanol–water partition coefficient (Wildman–Crippen LogP) is 3.09. The van der Waals surface area contributed by atoms with Crippen molar-refractivity contribution in [2.45, 2.75) is 27.7 Å². The first kappa shape index (κ1) is 11.1. The molecular weight excluding hydrogens is 219 g/mol. The van der Waals surface area contributed by atoms with Gasteiger partial charge in [-0.05, 0) is 55.1 Å². The Hall–Kier alpha value is 0.0169. The van der Waals surface area contributed by atoms with Crippen molar-refractivity contribution in [1.82, 2.24) is 0 Å². The lowest BCUT2D eigenvalue weighted by Crippen LogP contribution is -2.23. The number of hydrogen-bond donors (Lipinski definition) is 0. The smallest absolute Gasteiger partial charge is 0.140 e. The van der Waals surface area contributed by atoms with Gasteiger partial charge in [-0.15, -0.1) is 22.2 Å². The summed E-state index contributed by atoms with van der Waals surface area (Å²) in [4.78, 5) is 0. The Kier molecular flexibility index (Phi) is 3.44. The van der Waals surface area contributed by atoms with E-state index >= 15 is 0 Å². The van der Waals surface area contributed by atoms with Crippen LogP contribution in [0.5, 0.6) is 0 Å². The topological polar surface area (TPSA) is 0 Å². The summed E-state index contributed by atoms with van der Waals surface area (Å²) in [7, 11) is -1.36. The van der Waals surface area contributed by atoms with Gasteiger partial charge in [0.2, 0.25) is 0 Å². The van der Waals surface area contributed by atoms with E-state index in [0.717, 1.165) is 5.19 Å². The molecule has 0 saturated carbocycles. The van der Waals surface area contributed by atoms with E-state index in [1.807, 2.05) is 0 Å². The van der Waals surface area contributed by atoms with Gasteiger partial charge in [-0.25, -0.2) is 0 Å².